The molecule has 3 nitrogen and oxygen atoms in total. The van der Waals surface area contributed by atoms with Crippen LogP contribution in [0.5, 0.6) is 0 Å². The second-order valence-corrected chi connectivity index (χ2v) is 4.21. The van der Waals surface area contributed by atoms with Crippen molar-refractivity contribution >= 4 is 17.4 Å². The summed E-state index contributed by atoms with van der Waals surface area (Å²) in [6.07, 6.45) is 3.27. The largest absolute Gasteiger partial charge is 0.399 e. The Balaban J connectivity index is 2.39. The smallest absolute Gasteiger partial charge is 0.172 e. The summed E-state index contributed by atoms with van der Waals surface area (Å²) in [6.45, 7) is 0. The summed E-state index contributed by atoms with van der Waals surface area (Å²) < 4.78 is 28.6. The molecule has 0 atom stereocenters. The van der Waals surface area contributed by atoms with E-state index >= 15 is 0 Å². The zero-order valence-corrected chi connectivity index (χ0v) is 9.26. The second-order valence-electron chi connectivity index (χ2n) is 3.24. The molecular weight excluding hydrogens is 232 g/mol. The average molecular weight is 241 g/mol. The summed E-state index contributed by atoms with van der Waals surface area (Å²) in [5, 5.41) is 0.516. The zero-order valence-electron chi connectivity index (χ0n) is 8.45. The molecule has 0 aliphatic heterocycles. The van der Waals surface area contributed by atoms with Gasteiger partial charge in [0, 0.05) is 25.1 Å². The van der Waals surface area contributed by atoms with Crippen LogP contribution in [0.4, 0.5) is 14.5 Å². The molecule has 2 aromatic rings. The minimum Gasteiger partial charge on any atom is -0.399 e. The molecule has 6 heteroatoms. The number of rotatable bonds is 2. The first-order valence-electron chi connectivity index (χ1n) is 4.47. The number of nitrogens with two attached hydrogens (primary N) is 1. The standard InChI is InChI=1S/C10H9F2N3S/c1-15-3-2-14-10(15)16-9-7(11)4-6(13)5-8(9)12/h2-5H,13H2,1H3. The Morgan fingerprint density at radius 1 is 1.31 bits per heavy atom. The predicted octanol–water partition coefficient (Wildman–Crippen LogP) is 2.43. The van der Waals surface area contributed by atoms with Crippen LogP contribution in [0.25, 0.3) is 0 Å². The number of nitrogens with zero attached hydrogens (tertiary/aromatic N) is 2. The molecule has 16 heavy (non-hydrogen) atoms. The van der Waals surface area contributed by atoms with Gasteiger partial charge in [0.1, 0.15) is 11.6 Å². The molecule has 0 bridgehead atoms. The van der Waals surface area contributed by atoms with E-state index in [9.17, 15) is 8.78 Å². The fourth-order valence-electron chi connectivity index (χ4n) is 1.22. The number of nitrogen functional groups attached to an aromatic ring is 1. The number of hydrogen-bond acceptors (Lipinski definition) is 3. The van der Waals surface area contributed by atoms with E-state index in [4.69, 9.17) is 5.73 Å². The lowest BCUT2D eigenvalue weighted by molar-refractivity contribution is 0.541. The van der Waals surface area contributed by atoms with Gasteiger partial charge in [-0.3, -0.25) is 0 Å². The number of hydrogen-bond donors (Lipinski definition) is 1. The Morgan fingerprint density at radius 3 is 2.44 bits per heavy atom. The third-order valence-corrected chi connectivity index (χ3v) is 3.16. The minimum atomic E-state index is -0.675. The molecule has 0 aliphatic carbocycles. The fourth-order valence-corrected chi connectivity index (χ4v) is 2.03. The Hall–Kier alpha value is -1.56. The molecule has 0 aliphatic rings. The summed E-state index contributed by atoms with van der Waals surface area (Å²) in [4.78, 5) is 3.88. The van der Waals surface area contributed by atoms with Gasteiger partial charge in [-0.05, 0) is 23.9 Å². The minimum absolute atomic E-state index is 0.0687. The maximum Gasteiger partial charge on any atom is 0.172 e. The van der Waals surface area contributed by atoms with E-state index in [1.54, 1.807) is 24.0 Å². The Bertz CT molecular complexity index is 502. The van der Waals surface area contributed by atoms with Crippen LogP contribution in [0.3, 0.4) is 0 Å². The number of anilines is 1. The molecule has 0 amide bonds. The molecule has 0 saturated carbocycles. The normalized spacial score (nSPS) is 10.7. The van der Waals surface area contributed by atoms with Crippen molar-refractivity contribution in [1.82, 2.24) is 9.55 Å². The van der Waals surface area contributed by atoms with Gasteiger partial charge in [-0.2, -0.15) is 0 Å². The van der Waals surface area contributed by atoms with Crippen LogP contribution in [0.15, 0.2) is 34.6 Å². The maximum absolute atomic E-state index is 13.5. The van der Waals surface area contributed by atoms with Crippen molar-refractivity contribution in [2.24, 2.45) is 7.05 Å². The van der Waals surface area contributed by atoms with Gasteiger partial charge in [0.25, 0.3) is 0 Å². The van der Waals surface area contributed by atoms with E-state index < -0.39 is 11.6 Å². The topological polar surface area (TPSA) is 43.8 Å². The molecule has 0 radical (unpaired) electrons. The summed E-state index contributed by atoms with van der Waals surface area (Å²) in [7, 11) is 1.75. The molecule has 1 aromatic carbocycles. The molecule has 0 fully saturated rings. The van der Waals surface area contributed by atoms with Gasteiger partial charge in [0.2, 0.25) is 0 Å². The number of halogens is 2. The summed E-state index contributed by atoms with van der Waals surface area (Å²) in [5.41, 5.74) is 5.39. The molecule has 2 N–H and O–H groups in total. The van der Waals surface area contributed by atoms with Gasteiger partial charge in [-0.15, -0.1) is 0 Å². The fraction of sp³-hybridized carbons (Fsp3) is 0.100. The molecule has 0 unspecified atom stereocenters. The lowest BCUT2D eigenvalue weighted by atomic mass is 10.3. The van der Waals surface area contributed by atoms with Crippen molar-refractivity contribution in [2.45, 2.75) is 10.1 Å². The third kappa shape index (κ3) is 2.01. The SMILES string of the molecule is Cn1ccnc1Sc1c(F)cc(N)cc1F. The van der Waals surface area contributed by atoms with Crippen molar-refractivity contribution in [3.8, 4) is 0 Å². The molecule has 84 valence electrons. The van der Waals surface area contributed by atoms with E-state index in [1.807, 2.05) is 0 Å². The Kier molecular flexibility index (Phi) is 2.82. The first-order valence-corrected chi connectivity index (χ1v) is 5.29. The highest BCUT2D eigenvalue weighted by atomic mass is 32.2. The summed E-state index contributed by atoms with van der Waals surface area (Å²) in [6, 6.07) is 2.18. The number of benzene rings is 1. The average Bonchev–Trinajstić information content (AvgIpc) is 2.57. The summed E-state index contributed by atoms with van der Waals surface area (Å²) in [5.74, 6) is -1.35. The van der Waals surface area contributed by atoms with Gasteiger partial charge in [0.15, 0.2) is 5.16 Å². The van der Waals surface area contributed by atoms with Gasteiger partial charge in [0.05, 0.1) is 4.90 Å². The molecule has 2 rings (SSSR count). The van der Waals surface area contributed by atoms with Gasteiger partial charge >= 0.3 is 0 Å². The Labute approximate surface area is 95.3 Å². The van der Waals surface area contributed by atoms with E-state index in [2.05, 4.69) is 4.98 Å². The lowest BCUT2D eigenvalue weighted by Gasteiger charge is -2.05. The van der Waals surface area contributed by atoms with Crippen LogP contribution in [-0.2, 0) is 7.05 Å². The third-order valence-electron chi connectivity index (χ3n) is 1.99. The quantitative estimate of drug-likeness (QED) is 0.821. The van der Waals surface area contributed by atoms with Gasteiger partial charge in [-0.25, -0.2) is 13.8 Å². The van der Waals surface area contributed by atoms with Crippen LogP contribution >= 0.6 is 11.8 Å². The zero-order chi connectivity index (χ0) is 11.7. The highest BCUT2D eigenvalue weighted by Crippen LogP contribution is 2.31. The van der Waals surface area contributed by atoms with E-state index in [0.29, 0.717) is 5.16 Å². The van der Waals surface area contributed by atoms with E-state index in [-0.39, 0.29) is 10.6 Å². The van der Waals surface area contributed by atoms with Crippen LogP contribution in [0.2, 0.25) is 0 Å². The van der Waals surface area contributed by atoms with Gasteiger partial charge < -0.3 is 10.3 Å². The molecule has 0 saturated heterocycles. The maximum atomic E-state index is 13.5. The lowest BCUT2D eigenvalue weighted by Crippen LogP contribution is -1.95. The number of aromatic nitrogens is 2. The van der Waals surface area contributed by atoms with Crippen molar-refractivity contribution in [2.75, 3.05) is 5.73 Å². The molecular formula is C10H9F2N3S. The van der Waals surface area contributed by atoms with Crippen LogP contribution < -0.4 is 5.73 Å². The highest BCUT2D eigenvalue weighted by Gasteiger charge is 2.13. The van der Waals surface area contributed by atoms with E-state index in [1.165, 1.54) is 0 Å². The van der Waals surface area contributed by atoms with Crippen LogP contribution in [-0.4, -0.2) is 9.55 Å². The molecule has 1 aromatic heterocycles. The van der Waals surface area contributed by atoms with Crippen LogP contribution in [0.1, 0.15) is 0 Å². The van der Waals surface area contributed by atoms with Crippen molar-refractivity contribution < 1.29 is 8.78 Å². The van der Waals surface area contributed by atoms with E-state index in [0.717, 1.165) is 23.9 Å². The summed E-state index contributed by atoms with van der Waals surface area (Å²) >= 11 is 0.929. The first kappa shape index (κ1) is 10.9. The van der Waals surface area contributed by atoms with Crippen molar-refractivity contribution in [3.63, 3.8) is 0 Å². The first-order chi connectivity index (χ1) is 7.58. The second kappa shape index (κ2) is 4.13. The van der Waals surface area contributed by atoms with Gasteiger partial charge in [-0.1, -0.05) is 0 Å². The highest BCUT2D eigenvalue weighted by molar-refractivity contribution is 7.99. The van der Waals surface area contributed by atoms with Crippen molar-refractivity contribution in [3.05, 3.63) is 36.2 Å². The number of imidazole rings is 1. The molecule has 1 heterocycles. The van der Waals surface area contributed by atoms with Crippen molar-refractivity contribution in [1.29, 1.82) is 0 Å². The number of aryl methyl sites for hydroxylation is 1. The van der Waals surface area contributed by atoms with Crippen LogP contribution in [0, 0.1) is 11.6 Å². The molecule has 0 spiro atoms. The monoisotopic (exact) mass is 241 g/mol. The Morgan fingerprint density at radius 2 is 1.94 bits per heavy atom. The predicted molar refractivity (Wildman–Crippen MR) is 58.1 cm³/mol.